The summed E-state index contributed by atoms with van der Waals surface area (Å²) in [6, 6.07) is 0. The van der Waals surface area contributed by atoms with E-state index >= 15 is 0 Å². The summed E-state index contributed by atoms with van der Waals surface area (Å²) < 4.78 is 0. The molecule has 1 nitrogen and oxygen atoms in total. The van der Waals surface area contributed by atoms with Gasteiger partial charge in [0, 0.05) is 5.41 Å². The van der Waals surface area contributed by atoms with Crippen LogP contribution in [0.5, 0.6) is 0 Å². The Morgan fingerprint density at radius 2 is 1.87 bits per heavy atom. The van der Waals surface area contributed by atoms with Crippen molar-refractivity contribution < 1.29 is 0 Å². The van der Waals surface area contributed by atoms with Crippen LogP contribution in [0.25, 0.3) is 12.2 Å². The van der Waals surface area contributed by atoms with Crippen LogP contribution >= 0.6 is 11.3 Å². The Hall–Kier alpha value is -0.890. The van der Waals surface area contributed by atoms with Crippen molar-refractivity contribution in [3.05, 3.63) is 28.7 Å². The fraction of sp³-hybridized carbons (Fsp3) is 0.462. The van der Waals surface area contributed by atoms with Gasteiger partial charge in [0.2, 0.25) is 0 Å². The van der Waals surface area contributed by atoms with Gasteiger partial charge in [0.15, 0.2) is 0 Å². The summed E-state index contributed by atoms with van der Waals surface area (Å²) in [7, 11) is 0. The normalized spacial score (nSPS) is 11.8. The van der Waals surface area contributed by atoms with Crippen LogP contribution in [0.15, 0.2) is 13.2 Å². The molecule has 15 heavy (non-hydrogen) atoms. The van der Waals surface area contributed by atoms with Gasteiger partial charge in [0.05, 0.1) is 15.6 Å². The fourth-order valence-corrected chi connectivity index (χ4v) is 2.33. The van der Waals surface area contributed by atoms with Crippen LogP contribution in [0.3, 0.4) is 0 Å². The van der Waals surface area contributed by atoms with Crippen LogP contribution < -0.4 is 0 Å². The maximum absolute atomic E-state index is 4.62. The average Bonchev–Trinajstić information content (AvgIpc) is 2.60. The van der Waals surface area contributed by atoms with Crippen LogP contribution in [0, 0.1) is 5.92 Å². The second-order valence-electron chi connectivity index (χ2n) is 4.55. The zero-order chi connectivity index (χ0) is 11.6. The minimum absolute atomic E-state index is 0.115. The van der Waals surface area contributed by atoms with E-state index in [1.165, 1.54) is 5.01 Å². The Bertz CT molecular complexity index is 346. The van der Waals surface area contributed by atoms with E-state index in [0.717, 1.165) is 10.6 Å². The Labute approximate surface area is 96.6 Å². The quantitative estimate of drug-likeness (QED) is 0.736. The topological polar surface area (TPSA) is 12.9 Å². The second-order valence-corrected chi connectivity index (χ2v) is 5.58. The molecule has 0 spiro atoms. The standard InChI is InChI=1S/C13H19NS/c1-7-10-11(8-2)15-12(14-10)13(5,6)9(3)4/h7-9H,1-2H2,3-6H3. The summed E-state index contributed by atoms with van der Waals surface area (Å²) in [4.78, 5) is 5.74. The van der Waals surface area contributed by atoms with Gasteiger partial charge in [-0.25, -0.2) is 4.98 Å². The molecular formula is C13H19NS. The molecule has 1 rings (SSSR count). The molecule has 2 heteroatoms. The summed E-state index contributed by atoms with van der Waals surface area (Å²) in [5.41, 5.74) is 1.07. The average molecular weight is 221 g/mol. The molecule has 82 valence electrons. The van der Waals surface area contributed by atoms with Crippen molar-refractivity contribution in [3.63, 3.8) is 0 Å². The number of rotatable bonds is 4. The predicted octanol–water partition coefficient (Wildman–Crippen LogP) is 4.36. The van der Waals surface area contributed by atoms with E-state index < -0.39 is 0 Å². The molecule has 0 saturated carbocycles. The number of nitrogens with zero attached hydrogens (tertiary/aromatic N) is 1. The largest absolute Gasteiger partial charge is 0.241 e. The van der Waals surface area contributed by atoms with Crippen molar-refractivity contribution in [1.29, 1.82) is 0 Å². The predicted molar refractivity (Wildman–Crippen MR) is 70.2 cm³/mol. The molecule has 1 aromatic heterocycles. The lowest BCUT2D eigenvalue weighted by molar-refractivity contribution is 0.370. The van der Waals surface area contributed by atoms with Gasteiger partial charge in [-0.15, -0.1) is 11.3 Å². The molecule has 0 amide bonds. The first-order valence-corrected chi connectivity index (χ1v) is 6.01. The van der Waals surface area contributed by atoms with Crippen LogP contribution in [0.1, 0.15) is 43.3 Å². The third-order valence-corrected chi connectivity index (χ3v) is 4.46. The zero-order valence-electron chi connectivity index (χ0n) is 10.0. The molecule has 0 unspecified atom stereocenters. The van der Waals surface area contributed by atoms with Crippen molar-refractivity contribution >= 4 is 23.5 Å². The van der Waals surface area contributed by atoms with Crippen LogP contribution in [-0.2, 0) is 5.41 Å². The van der Waals surface area contributed by atoms with Crippen LogP contribution in [0.2, 0.25) is 0 Å². The van der Waals surface area contributed by atoms with Crippen LogP contribution in [0.4, 0.5) is 0 Å². The van der Waals surface area contributed by atoms with E-state index in [9.17, 15) is 0 Å². The molecular weight excluding hydrogens is 202 g/mol. The number of hydrogen-bond acceptors (Lipinski definition) is 2. The fourth-order valence-electron chi connectivity index (χ4n) is 1.16. The van der Waals surface area contributed by atoms with Gasteiger partial charge < -0.3 is 0 Å². The Morgan fingerprint density at radius 1 is 1.27 bits per heavy atom. The molecule has 1 heterocycles. The summed E-state index contributed by atoms with van der Waals surface area (Å²) in [6.07, 6.45) is 3.65. The maximum atomic E-state index is 4.62. The lowest BCUT2D eigenvalue weighted by Gasteiger charge is -2.26. The van der Waals surface area contributed by atoms with E-state index in [1.54, 1.807) is 17.4 Å². The molecule has 0 N–H and O–H groups in total. The highest BCUT2D eigenvalue weighted by molar-refractivity contribution is 7.12. The third-order valence-electron chi connectivity index (χ3n) is 3.05. The monoisotopic (exact) mass is 221 g/mol. The highest BCUT2D eigenvalue weighted by Gasteiger charge is 2.28. The van der Waals surface area contributed by atoms with E-state index in [1.807, 2.05) is 6.08 Å². The van der Waals surface area contributed by atoms with Crippen molar-refractivity contribution in [3.8, 4) is 0 Å². The summed E-state index contributed by atoms with van der Waals surface area (Å²) in [5.74, 6) is 0.569. The molecule has 0 aliphatic rings. The summed E-state index contributed by atoms with van der Waals surface area (Å²) in [5, 5.41) is 1.17. The molecule has 0 radical (unpaired) electrons. The molecule has 0 aromatic carbocycles. The number of thiazole rings is 1. The van der Waals surface area contributed by atoms with Crippen molar-refractivity contribution in [1.82, 2.24) is 4.98 Å². The smallest absolute Gasteiger partial charge is 0.0997 e. The molecule has 1 aromatic rings. The highest BCUT2D eigenvalue weighted by atomic mass is 32.1. The SMILES string of the molecule is C=Cc1nc(C(C)(C)C(C)C)sc1C=C. The first-order valence-electron chi connectivity index (χ1n) is 5.19. The lowest BCUT2D eigenvalue weighted by atomic mass is 9.82. The van der Waals surface area contributed by atoms with Gasteiger partial charge in [-0.3, -0.25) is 0 Å². The van der Waals surface area contributed by atoms with E-state index in [0.29, 0.717) is 5.92 Å². The molecule has 0 aliphatic carbocycles. The minimum atomic E-state index is 0.115. The summed E-state index contributed by atoms with van der Waals surface area (Å²) >= 11 is 1.72. The Balaban J connectivity index is 3.22. The second kappa shape index (κ2) is 4.31. The summed E-state index contributed by atoms with van der Waals surface area (Å²) in [6.45, 7) is 16.5. The first-order chi connectivity index (χ1) is 6.93. The maximum Gasteiger partial charge on any atom is 0.0997 e. The van der Waals surface area contributed by atoms with E-state index in [4.69, 9.17) is 0 Å². The highest BCUT2D eigenvalue weighted by Crippen LogP contribution is 2.36. The van der Waals surface area contributed by atoms with Gasteiger partial charge >= 0.3 is 0 Å². The van der Waals surface area contributed by atoms with E-state index in [2.05, 4.69) is 45.8 Å². The molecule has 0 atom stereocenters. The molecule has 0 saturated heterocycles. The van der Waals surface area contributed by atoms with Crippen molar-refractivity contribution in [2.24, 2.45) is 5.92 Å². The van der Waals surface area contributed by atoms with Gasteiger partial charge in [-0.05, 0) is 18.1 Å². The molecule has 0 aliphatic heterocycles. The molecule has 0 fully saturated rings. The van der Waals surface area contributed by atoms with Crippen molar-refractivity contribution in [2.45, 2.75) is 33.1 Å². The van der Waals surface area contributed by atoms with Gasteiger partial charge in [-0.2, -0.15) is 0 Å². The van der Waals surface area contributed by atoms with Gasteiger partial charge in [0.1, 0.15) is 0 Å². The first kappa shape index (κ1) is 12.2. The van der Waals surface area contributed by atoms with Crippen molar-refractivity contribution in [2.75, 3.05) is 0 Å². The Morgan fingerprint density at radius 3 is 2.20 bits per heavy atom. The van der Waals surface area contributed by atoms with Gasteiger partial charge in [-0.1, -0.05) is 40.9 Å². The number of aromatic nitrogens is 1. The van der Waals surface area contributed by atoms with E-state index in [-0.39, 0.29) is 5.41 Å². The lowest BCUT2D eigenvalue weighted by Crippen LogP contribution is -2.24. The van der Waals surface area contributed by atoms with Gasteiger partial charge in [0.25, 0.3) is 0 Å². The third kappa shape index (κ3) is 2.20. The molecule has 0 bridgehead atoms. The Kier molecular flexibility index (Phi) is 3.50. The minimum Gasteiger partial charge on any atom is -0.241 e. The zero-order valence-corrected chi connectivity index (χ0v) is 10.8. The number of hydrogen-bond donors (Lipinski definition) is 0. The van der Waals surface area contributed by atoms with Crippen LogP contribution in [-0.4, -0.2) is 4.98 Å².